The van der Waals surface area contributed by atoms with E-state index in [0.717, 1.165) is 13.1 Å². The van der Waals surface area contributed by atoms with Crippen molar-refractivity contribution in [3.8, 4) is 0 Å². The summed E-state index contributed by atoms with van der Waals surface area (Å²) < 4.78 is 11.8. The first-order valence-electron chi connectivity index (χ1n) is 12.3. The zero-order valence-corrected chi connectivity index (χ0v) is 18.2. The molecule has 0 aromatic rings. The summed E-state index contributed by atoms with van der Waals surface area (Å²) in [6, 6.07) is 0. The van der Waals surface area contributed by atoms with Crippen molar-refractivity contribution in [2.45, 2.75) is 155 Å². The van der Waals surface area contributed by atoms with Gasteiger partial charge in [0.2, 0.25) is 0 Å². The smallest absolute Gasteiger partial charge is 0.131 e. The number of rotatable bonds is 23. The molecular formula is C25H50F. The van der Waals surface area contributed by atoms with Crippen molar-refractivity contribution in [2.24, 2.45) is 0 Å². The van der Waals surface area contributed by atoms with E-state index in [1.54, 1.807) is 0 Å². The Morgan fingerprint density at radius 3 is 0.846 bits per heavy atom. The van der Waals surface area contributed by atoms with Crippen LogP contribution < -0.4 is 0 Å². The first-order chi connectivity index (χ1) is 12.9. The molecule has 0 saturated carbocycles. The molecule has 1 radical (unpaired) electrons. The average Bonchev–Trinajstić information content (AvgIpc) is 2.66. The second-order valence-electron chi connectivity index (χ2n) is 8.37. The molecule has 0 fully saturated rings. The van der Waals surface area contributed by atoms with Crippen molar-refractivity contribution in [1.82, 2.24) is 0 Å². The Balaban J connectivity index is 2.95. The van der Waals surface area contributed by atoms with Gasteiger partial charge >= 0.3 is 0 Å². The fourth-order valence-electron chi connectivity index (χ4n) is 3.83. The van der Waals surface area contributed by atoms with Crippen LogP contribution in [0, 0.1) is 6.67 Å². The Bertz CT molecular complexity index is 202. The number of unbranched alkanes of at least 4 members (excludes halogenated alkanes) is 22. The maximum atomic E-state index is 11.8. The molecule has 0 nitrogen and oxygen atoms in total. The lowest BCUT2D eigenvalue weighted by molar-refractivity contribution is 0.512. The molecule has 157 valence electrons. The van der Waals surface area contributed by atoms with E-state index in [0.29, 0.717) is 6.42 Å². The summed E-state index contributed by atoms with van der Waals surface area (Å²) in [6.07, 6.45) is 31.6. The Labute approximate surface area is 166 Å². The van der Waals surface area contributed by atoms with E-state index in [4.69, 9.17) is 0 Å². The van der Waals surface area contributed by atoms with Crippen LogP contribution in [0.2, 0.25) is 0 Å². The second kappa shape index (κ2) is 24.9. The van der Waals surface area contributed by atoms with Crippen molar-refractivity contribution in [1.29, 1.82) is 0 Å². The standard InChI is InChI=1S/C25H50F/c1-2-3-4-5-6-7-8-9-10-11-12-13-14-15-16-17-18-19-20-21-22-23-24-25-26/h25H,2-24H2,1H3. The van der Waals surface area contributed by atoms with Gasteiger partial charge in [-0.15, -0.1) is 0 Å². The van der Waals surface area contributed by atoms with Crippen molar-refractivity contribution in [3.05, 3.63) is 6.67 Å². The van der Waals surface area contributed by atoms with Crippen molar-refractivity contribution in [3.63, 3.8) is 0 Å². The van der Waals surface area contributed by atoms with Crippen molar-refractivity contribution >= 4 is 0 Å². The largest absolute Gasteiger partial charge is 0.244 e. The second-order valence-corrected chi connectivity index (χ2v) is 8.37. The minimum absolute atomic E-state index is 0.652. The molecule has 0 aromatic carbocycles. The number of hydrogen-bond donors (Lipinski definition) is 0. The molecule has 0 aromatic heterocycles. The summed E-state index contributed by atoms with van der Waals surface area (Å²) in [5.74, 6) is 0. The highest BCUT2D eigenvalue weighted by molar-refractivity contribution is 4.52. The van der Waals surface area contributed by atoms with Crippen LogP contribution in [0.25, 0.3) is 0 Å². The highest BCUT2D eigenvalue weighted by Crippen LogP contribution is 2.15. The van der Waals surface area contributed by atoms with E-state index in [9.17, 15) is 4.39 Å². The predicted molar refractivity (Wildman–Crippen MR) is 117 cm³/mol. The number of hydrogen-bond acceptors (Lipinski definition) is 0. The summed E-state index contributed by atoms with van der Waals surface area (Å²) in [4.78, 5) is 0. The fourth-order valence-corrected chi connectivity index (χ4v) is 3.83. The molecule has 0 aliphatic carbocycles. The lowest BCUT2D eigenvalue weighted by Gasteiger charge is -2.04. The highest BCUT2D eigenvalue weighted by atomic mass is 19.1. The molecule has 0 saturated heterocycles. The van der Waals surface area contributed by atoms with Gasteiger partial charge in [0.25, 0.3) is 0 Å². The molecule has 1 heteroatoms. The summed E-state index contributed by atoms with van der Waals surface area (Å²) in [6.45, 7) is 3.10. The summed E-state index contributed by atoms with van der Waals surface area (Å²) >= 11 is 0. The third kappa shape index (κ3) is 23.9. The van der Waals surface area contributed by atoms with Crippen molar-refractivity contribution in [2.75, 3.05) is 0 Å². The molecule has 0 unspecified atom stereocenters. The van der Waals surface area contributed by atoms with Crippen LogP contribution in [0.3, 0.4) is 0 Å². The first-order valence-corrected chi connectivity index (χ1v) is 12.3. The van der Waals surface area contributed by atoms with Gasteiger partial charge in [-0.25, -0.2) is 4.39 Å². The molecule has 0 aliphatic heterocycles. The van der Waals surface area contributed by atoms with Gasteiger partial charge in [-0.05, 0) is 6.42 Å². The van der Waals surface area contributed by atoms with Crippen LogP contribution in [-0.4, -0.2) is 0 Å². The molecule has 0 N–H and O–H groups in total. The van der Waals surface area contributed by atoms with Gasteiger partial charge in [0.05, 0.1) is 0 Å². The van der Waals surface area contributed by atoms with E-state index >= 15 is 0 Å². The quantitative estimate of drug-likeness (QED) is 0.157. The molecule has 0 heterocycles. The zero-order chi connectivity index (χ0) is 19.0. The van der Waals surface area contributed by atoms with Gasteiger partial charge in [0.1, 0.15) is 6.67 Å². The molecule has 0 spiro atoms. The third-order valence-electron chi connectivity index (χ3n) is 5.67. The fraction of sp³-hybridized carbons (Fsp3) is 0.960. The van der Waals surface area contributed by atoms with Crippen LogP contribution in [0.1, 0.15) is 155 Å². The van der Waals surface area contributed by atoms with Crippen LogP contribution in [-0.2, 0) is 0 Å². The van der Waals surface area contributed by atoms with E-state index < -0.39 is 0 Å². The first kappa shape index (κ1) is 25.9. The minimum Gasteiger partial charge on any atom is -0.244 e. The topological polar surface area (TPSA) is 0 Å². The van der Waals surface area contributed by atoms with Crippen molar-refractivity contribution < 1.29 is 4.39 Å². The van der Waals surface area contributed by atoms with Gasteiger partial charge in [0, 0.05) is 0 Å². The normalized spacial score (nSPS) is 11.3. The number of halogens is 1. The van der Waals surface area contributed by atoms with Gasteiger partial charge < -0.3 is 0 Å². The third-order valence-corrected chi connectivity index (χ3v) is 5.67. The highest BCUT2D eigenvalue weighted by Gasteiger charge is 1.95. The lowest BCUT2D eigenvalue weighted by atomic mass is 10.0. The molecular weight excluding hydrogens is 319 g/mol. The summed E-state index contributed by atoms with van der Waals surface area (Å²) in [5, 5.41) is 0. The summed E-state index contributed by atoms with van der Waals surface area (Å²) in [7, 11) is 0. The molecule has 0 bridgehead atoms. The molecule has 26 heavy (non-hydrogen) atoms. The zero-order valence-electron chi connectivity index (χ0n) is 18.2. The summed E-state index contributed by atoms with van der Waals surface area (Å²) in [5.41, 5.74) is 0. The lowest BCUT2D eigenvalue weighted by Crippen LogP contribution is -1.84. The molecule has 0 aliphatic rings. The predicted octanol–water partition coefficient (Wildman–Crippen LogP) is 10.1. The van der Waals surface area contributed by atoms with E-state index in [-0.39, 0.29) is 0 Å². The monoisotopic (exact) mass is 369 g/mol. The van der Waals surface area contributed by atoms with Gasteiger partial charge in [0.15, 0.2) is 0 Å². The Morgan fingerprint density at radius 2 is 0.615 bits per heavy atom. The van der Waals surface area contributed by atoms with Gasteiger partial charge in [-0.1, -0.05) is 148 Å². The van der Waals surface area contributed by atoms with E-state index in [2.05, 4.69) is 6.92 Å². The van der Waals surface area contributed by atoms with E-state index in [1.807, 2.05) is 0 Å². The maximum absolute atomic E-state index is 11.8. The van der Waals surface area contributed by atoms with Gasteiger partial charge in [-0.3, -0.25) is 0 Å². The van der Waals surface area contributed by atoms with Gasteiger partial charge in [-0.2, -0.15) is 0 Å². The average molecular weight is 370 g/mol. The van der Waals surface area contributed by atoms with Crippen LogP contribution in [0.5, 0.6) is 0 Å². The SMILES string of the molecule is CCCCCCCCCCCCCCCCCCCCCCCC[CH]F. The van der Waals surface area contributed by atoms with Crippen LogP contribution in [0.15, 0.2) is 0 Å². The van der Waals surface area contributed by atoms with Crippen LogP contribution in [0.4, 0.5) is 4.39 Å². The molecule has 0 atom stereocenters. The van der Waals surface area contributed by atoms with Crippen LogP contribution >= 0.6 is 0 Å². The Morgan fingerprint density at radius 1 is 0.385 bits per heavy atom. The molecule has 0 rings (SSSR count). The Kier molecular flexibility index (Phi) is 24.9. The van der Waals surface area contributed by atoms with E-state index in [1.165, 1.54) is 135 Å². The Hall–Kier alpha value is -0.0700. The minimum atomic E-state index is 0.652. The maximum Gasteiger partial charge on any atom is 0.131 e. The molecule has 0 amide bonds.